The number of rotatable bonds is 1. The first-order valence-corrected chi connectivity index (χ1v) is 7.35. The van der Waals surface area contributed by atoms with Crippen LogP contribution < -0.4 is 5.56 Å². The van der Waals surface area contributed by atoms with Crippen LogP contribution >= 0.6 is 0 Å². The maximum atomic E-state index is 12.7. The molecule has 1 saturated heterocycles. The van der Waals surface area contributed by atoms with E-state index in [-0.39, 0.29) is 22.4 Å². The second kappa shape index (κ2) is 5.64. The van der Waals surface area contributed by atoms with Crippen LogP contribution in [0, 0.1) is 12.3 Å². The maximum absolute atomic E-state index is 12.7. The molecule has 5 nitrogen and oxygen atoms in total. The van der Waals surface area contributed by atoms with Crippen molar-refractivity contribution in [2.45, 2.75) is 39.7 Å². The summed E-state index contributed by atoms with van der Waals surface area (Å²) in [7, 11) is 1.67. The van der Waals surface area contributed by atoms with Crippen LogP contribution in [0.4, 0.5) is 0 Å². The summed E-state index contributed by atoms with van der Waals surface area (Å²) in [4.78, 5) is 26.6. The van der Waals surface area contributed by atoms with Gasteiger partial charge in [-0.1, -0.05) is 13.8 Å². The molecule has 5 heteroatoms. The molecule has 0 spiro atoms. The smallest absolute Gasteiger partial charge is 0.263 e. The molecule has 1 atom stereocenters. The van der Waals surface area contributed by atoms with Crippen molar-refractivity contribution in [2.75, 3.05) is 13.1 Å². The SMILES string of the molecule is Cc1ccc(C(=O)N2CC[C@H](O)CC(C)(C)C2)c(=O)n1C. The van der Waals surface area contributed by atoms with Crippen LogP contribution in [0.25, 0.3) is 0 Å². The molecule has 0 radical (unpaired) electrons. The molecule has 2 heterocycles. The Morgan fingerprint density at radius 1 is 1.38 bits per heavy atom. The fraction of sp³-hybridized carbons (Fsp3) is 0.625. The van der Waals surface area contributed by atoms with Crippen molar-refractivity contribution >= 4 is 5.91 Å². The van der Waals surface area contributed by atoms with Crippen molar-refractivity contribution in [3.05, 3.63) is 33.7 Å². The molecule has 21 heavy (non-hydrogen) atoms. The Balaban J connectivity index is 2.32. The summed E-state index contributed by atoms with van der Waals surface area (Å²) in [6.07, 6.45) is 0.836. The Labute approximate surface area is 125 Å². The van der Waals surface area contributed by atoms with Crippen molar-refractivity contribution in [3.8, 4) is 0 Å². The Bertz CT molecular complexity index is 604. The number of hydrogen-bond acceptors (Lipinski definition) is 3. The van der Waals surface area contributed by atoms with Crippen LogP contribution in [0.3, 0.4) is 0 Å². The van der Waals surface area contributed by atoms with Gasteiger partial charge in [0.1, 0.15) is 5.56 Å². The molecule has 1 aromatic rings. The summed E-state index contributed by atoms with van der Waals surface area (Å²) < 4.78 is 1.49. The molecule has 0 aliphatic carbocycles. The summed E-state index contributed by atoms with van der Waals surface area (Å²) in [5, 5.41) is 9.93. The van der Waals surface area contributed by atoms with Gasteiger partial charge >= 0.3 is 0 Å². The third kappa shape index (κ3) is 3.35. The lowest BCUT2D eigenvalue weighted by molar-refractivity contribution is 0.0702. The Kier molecular flexibility index (Phi) is 4.23. The van der Waals surface area contributed by atoms with Crippen LogP contribution in [-0.2, 0) is 7.05 Å². The van der Waals surface area contributed by atoms with Crippen LogP contribution in [0.2, 0.25) is 0 Å². The Morgan fingerprint density at radius 2 is 2.05 bits per heavy atom. The molecule has 2 rings (SSSR count). The fourth-order valence-electron chi connectivity index (χ4n) is 2.94. The summed E-state index contributed by atoms with van der Waals surface area (Å²) in [6.45, 7) is 6.95. The van der Waals surface area contributed by atoms with Crippen LogP contribution in [0.15, 0.2) is 16.9 Å². The molecule has 0 bridgehead atoms. The van der Waals surface area contributed by atoms with Crippen molar-refractivity contribution in [3.63, 3.8) is 0 Å². The molecule has 1 amide bonds. The van der Waals surface area contributed by atoms with E-state index in [1.165, 1.54) is 4.57 Å². The Hall–Kier alpha value is -1.62. The average Bonchev–Trinajstić information content (AvgIpc) is 2.53. The predicted octanol–water partition coefficient (Wildman–Crippen LogP) is 1.32. The van der Waals surface area contributed by atoms with E-state index in [1.54, 1.807) is 24.1 Å². The van der Waals surface area contributed by atoms with Gasteiger partial charge in [-0.25, -0.2) is 0 Å². The first-order valence-electron chi connectivity index (χ1n) is 7.35. The molecule has 1 aliphatic rings. The summed E-state index contributed by atoms with van der Waals surface area (Å²) in [5.41, 5.74) is 0.614. The molecule has 0 saturated carbocycles. The fourth-order valence-corrected chi connectivity index (χ4v) is 2.94. The molecule has 1 aliphatic heterocycles. The quantitative estimate of drug-likeness (QED) is 0.849. The zero-order valence-electron chi connectivity index (χ0n) is 13.2. The van der Waals surface area contributed by atoms with Crippen molar-refractivity contribution in [2.24, 2.45) is 12.5 Å². The van der Waals surface area contributed by atoms with Crippen LogP contribution in [0.1, 0.15) is 42.7 Å². The maximum Gasteiger partial charge on any atom is 0.263 e. The summed E-state index contributed by atoms with van der Waals surface area (Å²) >= 11 is 0. The number of carbonyl (C=O) groups excluding carboxylic acids is 1. The first-order chi connectivity index (χ1) is 9.71. The van der Waals surface area contributed by atoms with Gasteiger partial charge in [-0.3, -0.25) is 9.59 Å². The molecule has 116 valence electrons. The number of aryl methyl sites for hydroxylation is 1. The van der Waals surface area contributed by atoms with E-state index in [9.17, 15) is 14.7 Å². The van der Waals surface area contributed by atoms with Gasteiger partial charge in [0.25, 0.3) is 11.5 Å². The van der Waals surface area contributed by atoms with Crippen LogP contribution in [0.5, 0.6) is 0 Å². The lowest BCUT2D eigenvalue weighted by Crippen LogP contribution is -2.40. The van der Waals surface area contributed by atoms with E-state index in [4.69, 9.17) is 0 Å². The molecule has 1 aromatic heterocycles. The number of carbonyl (C=O) groups is 1. The zero-order chi connectivity index (χ0) is 15.8. The van der Waals surface area contributed by atoms with Crippen molar-refractivity contribution in [1.29, 1.82) is 0 Å². The topological polar surface area (TPSA) is 62.5 Å². The van der Waals surface area contributed by atoms with E-state index >= 15 is 0 Å². The average molecular weight is 292 g/mol. The number of nitrogens with zero attached hydrogens (tertiary/aromatic N) is 2. The van der Waals surface area contributed by atoms with Gasteiger partial charge in [-0.15, -0.1) is 0 Å². The molecular formula is C16H24N2O3. The number of aromatic nitrogens is 1. The minimum atomic E-state index is -0.390. The van der Waals surface area contributed by atoms with Gasteiger partial charge in [0.15, 0.2) is 0 Å². The minimum Gasteiger partial charge on any atom is -0.393 e. The second-order valence-corrected chi connectivity index (χ2v) is 6.79. The van der Waals surface area contributed by atoms with Gasteiger partial charge in [0.2, 0.25) is 0 Å². The molecule has 1 N–H and O–H groups in total. The van der Waals surface area contributed by atoms with E-state index in [0.717, 1.165) is 5.69 Å². The third-order valence-electron chi connectivity index (χ3n) is 4.21. The van der Waals surface area contributed by atoms with E-state index < -0.39 is 6.10 Å². The number of amides is 1. The number of aliphatic hydroxyl groups is 1. The van der Waals surface area contributed by atoms with Gasteiger partial charge in [0.05, 0.1) is 6.10 Å². The number of aliphatic hydroxyl groups excluding tert-OH is 1. The van der Waals surface area contributed by atoms with Gasteiger partial charge in [-0.05, 0) is 37.3 Å². The molecule has 1 fully saturated rings. The standard InChI is InChI=1S/C16H24N2O3/c1-11-5-6-13(14(20)17(11)4)15(21)18-8-7-12(19)9-16(2,3)10-18/h5-6,12,19H,7-10H2,1-4H3/t12-/m0/s1. The second-order valence-electron chi connectivity index (χ2n) is 6.79. The molecule has 0 aromatic carbocycles. The first kappa shape index (κ1) is 15.8. The van der Waals surface area contributed by atoms with Crippen molar-refractivity contribution in [1.82, 2.24) is 9.47 Å². The van der Waals surface area contributed by atoms with E-state index in [1.807, 2.05) is 20.8 Å². The van der Waals surface area contributed by atoms with Crippen LogP contribution in [-0.4, -0.2) is 39.7 Å². The molecular weight excluding hydrogens is 268 g/mol. The van der Waals surface area contributed by atoms with Gasteiger partial charge in [0, 0.05) is 25.8 Å². The third-order valence-corrected chi connectivity index (χ3v) is 4.21. The highest BCUT2D eigenvalue weighted by Crippen LogP contribution is 2.28. The largest absolute Gasteiger partial charge is 0.393 e. The molecule has 0 unspecified atom stereocenters. The zero-order valence-corrected chi connectivity index (χ0v) is 13.2. The van der Waals surface area contributed by atoms with Gasteiger partial charge in [-0.2, -0.15) is 0 Å². The number of likely N-dealkylation sites (tertiary alicyclic amines) is 1. The highest BCUT2D eigenvalue weighted by atomic mass is 16.3. The highest BCUT2D eigenvalue weighted by Gasteiger charge is 2.32. The lowest BCUT2D eigenvalue weighted by atomic mass is 9.87. The van der Waals surface area contributed by atoms with Crippen molar-refractivity contribution < 1.29 is 9.90 Å². The summed E-state index contributed by atoms with van der Waals surface area (Å²) in [6, 6.07) is 3.39. The van der Waals surface area contributed by atoms with E-state index in [0.29, 0.717) is 25.9 Å². The lowest BCUT2D eigenvalue weighted by Gasteiger charge is -2.29. The monoisotopic (exact) mass is 292 g/mol. The normalized spacial score (nSPS) is 22.0. The number of hydrogen-bond donors (Lipinski definition) is 1. The van der Waals surface area contributed by atoms with E-state index in [2.05, 4.69) is 0 Å². The Morgan fingerprint density at radius 3 is 2.71 bits per heavy atom. The highest BCUT2D eigenvalue weighted by molar-refractivity contribution is 5.94. The summed E-state index contributed by atoms with van der Waals surface area (Å²) in [5.74, 6) is -0.238. The number of pyridine rings is 1. The predicted molar refractivity (Wildman–Crippen MR) is 81.3 cm³/mol. The minimum absolute atomic E-state index is 0.151. The van der Waals surface area contributed by atoms with Gasteiger partial charge < -0.3 is 14.6 Å².